The SMILES string of the molecule is OC[C@H]1OC[C@@H](Oc2nc3nc(-c4ccc5c(c4)OCO5)c(Cl)cc3[nH]2)[C@@H]1O. The van der Waals surface area contributed by atoms with Gasteiger partial charge in [-0.3, -0.25) is 0 Å². The lowest BCUT2D eigenvalue weighted by atomic mass is 10.1. The fourth-order valence-electron chi connectivity index (χ4n) is 3.26. The third kappa shape index (κ3) is 2.92. The van der Waals surface area contributed by atoms with E-state index in [0.29, 0.717) is 33.4 Å². The zero-order valence-electron chi connectivity index (χ0n) is 14.5. The van der Waals surface area contributed by atoms with Crippen LogP contribution in [0.5, 0.6) is 17.5 Å². The zero-order valence-corrected chi connectivity index (χ0v) is 15.2. The Morgan fingerprint density at radius 3 is 2.89 bits per heavy atom. The number of fused-ring (bicyclic) bond motifs is 2. The maximum Gasteiger partial charge on any atom is 0.296 e. The number of aliphatic hydroxyl groups excluding tert-OH is 2. The summed E-state index contributed by atoms with van der Waals surface area (Å²) in [7, 11) is 0. The minimum absolute atomic E-state index is 0.153. The average molecular weight is 406 g/mol. The lowest BCUT2D eigenvalue weighted by Crippen LogP contribution is -2.36. The molecule has 1 saturated heterocycles. The second-order valence-electron chi connectivity index (χ2n) is 6.50. The molecule has 5 rings (SSSR count). The molecular formula is C18H16ClN3O6. The number of aromatic nitrogens is 3. The standard InChI is InChI=1S/C18H16ClN3O6/c19-9-4-10-17(21-15(9)8-1-2-11-12(3-8)27-7-26-11)22-18(20-10)28-14-6-25-13(5-23)16(14)24/h1-4,13-14,16,23-24H,5-7H2,(H,20,21,22)/t13-,14-,16-/m1/s1. The van der Waals surface area contributed by atoms with Gasteiger partial charge in [0.25, 0.3) is 6.01 Å². The van der Waals surface area contributed by atoms with Crippen LogP contribution < -0.4 is 14.2 Å². The van der Waals surface area contributed by atoms with Crippen molar-refractivity contribution in [3.8, 4) is 28.8 Å². The Morgan fingerprint density at radius 1 is 1.21 bits per heavy atom. The van der Waals surface area contributed by atoms with Crippen LogP contribution in [0.25, 0.3) is 22.4 Å². The van der Waals surface area contributed by atoms with E-state index in [2.05, 4.69) is 15.0 Å². The van der Waals surface area contributed by atoms with Gasteiger partial charge < -0.3 is 34.1 Å². The van der Waals surface area contributed by atoms with Crippen LogP contribution in [-0.4, -0.2) is 63.5 Å². The highest BCUT2D eigenvalue weighted by atomic mass is 35.5. The van der Waals surface area contributed by atoms with E-state index in [9.17, 15) is 5.11 Å². The highest BCUT2D eigenvalue weighted by Gasteiger charge is 2.37. The zero-order chi connectivity index (χ0) is 19.3. The van der Waals surface area contributed by atoms with Gasteiger partial charge in [-0.15, -0.1) is 0 Å². The molecule has 2 aliphatic rings. The molecule has 2 aromatic heterocycles. The van der Waals surface area contributed by atoms with Gasteiger partial charge in [0, 0.05) is 5.56 Å². The molecule has 9 nitrogen and oxygen atoms in total. The van der Waals surface area contributed by atoms with E-state index in [1.807, 2.05) is 12.1 Å². The second-order valence-corrected chi connectivity index (χ2v) is 6.91. The van der Waals surface area contributed by atoms with Crippen molar-refractivity contribution >= 4 is 22.8 Å². The number of benzene rings is 1. The summed E-state index contributed by atoms with van der Waals surface area (Å²) >= 11 is 6.42. The number of hydrogen-bond acceptors (Lipinski definition) is 8. The average Bonchev–Trinajstić information content (AvgIpc) is 3.39. The Morgan fingerprint density at radius 2 is 2.07 bits per heavy atom. The number of aliphatic hydroxyl groups is 2. The van der Waals surface area contributed by atoms with E-state index in [1.165, 1.54) is 0 Å². The number of hydrogen-bond donors (Lipinski definition) is 3. The summed E-state index contributed by atoms with van der Waals surface area (Å²) in [4.78, 5) is 11.8. The van der Waals surface area contributed by atoms with Gasteiger partial charge in [0.15, 0.2) is 23.3 Å². The smallest absolute Gasteiger partial charge is 0.296 e. The van der Waals surface area contributed by atoms with Crippen molar-refractivity contribution in [3.05, 3.63) is 29.3 Å². The number of H-pyrrole nitrogens is 1. The Bertz CT molecular complexity index is 1040. The first-order chi connectivity index (χ1) is 13.6. The minimum Gasteiger partial charge on any atom is -0.456 e. The molecular weight excluding hydrogens is 390 g/mol. The van der Waals surface area contributed by atoms with Gasteiger partial charge in [-0.2, -0.15) is 4.98 Å². The largest absolute Gasteiger partial charge is 0.456 e. The third-order valence-electron chi connectivity index (χ3n) is 4.73. The Balaban J connectivity index is 1.45. The molecule has 0 unspecified atom stereocenters. The summed E-state index contributed by atoms with van der Waals surface area (Å²) in [5, 5.41) is 19.7. The summed E-state index contributed by atoms with van der Waals surface area (Å²) in [6, 6.07) is 7.36. The number of pyridine rings is 1. The van der Waals surface area contributed by atoms with Crippen LogP contribution in [0.3, 0.4) is 0 Å². The van der Waals surface area contributed by atoms with Crippen molar-refractivity contribution in [2.75, 3.05) is 20.0 Å². The second kappa shape index (κ2) is 6.78. The maximum absolute atomic E-state index is 10.1. The first-order valence-corrected chi connectivity index (χ1v) is 9.03. The van der Waals surface area contributed by atoms with E-state index < -0.39 is 18.3 Å². The van der Waals surface area contributed by atoms with Gasteiger partial charge in [-0.25, -0.2) is 4.98 Å². The highest BCUT2D eigenvalue weighted by Crippen LogP contribution is 2.38. The number of ether oxygens (including phenoxy) is 4. The fourth-order valence-corrected chi connectivity index (χ4v) is 3.52. The molecule has 28 heavy (non-hydrogen) atoms. The number of aromatic amines is 1. The molecule has 0 saturated carbocycles. The molecule has 3 N–H and O–H groups in total. The summed E-state index contributed by atoms with van der Waals surface area (Å²) in [6.45, 7) is 0.0597. The summed E-state index contributed by atoms with van der Waals surface area (Å²) in [5.41, 5.74) is 2.33. The highest BCUT2D eigenvalue weighted by molar-refractivity contribution is 6.33. The van der Waals surface area contributed by atoms with Gasteiger partial charge in [0.1, 0.15) is 12.2 Å². The molecule has 146 valence electrons. The number of nitrogens with zero attached hydrogens (tertiary/aromatic N) is 2. The summed E-state index contributed by atoms with van der Waals surface area (Å²) < 4.78 is 21.7. The molecule has 10 heteroatoms. The number of imidazole rings is 1. The van der Waals surface area contributed by atoms with Crippen molar-refractivity contribution < 1.29 is 29.2 Å². The summed E-state index contributed by atoms with van der Waals surface area (Å²) in [6.07, 6.45) is -2.25. The fraction of sp³-hybridized carbons (Fsp3) is 0.333. The van der Waals surface area contributed by atoms with E-state index in [4.69, 9.17) is 35.7 Å². The van der Waals surface area contributed by atoms with Crippen molar-refractivity contribution in [1.29, 1.82) is 0 Å². The molecule has 2 aliphatic heterocycles. The van der Waals surface area contributed by atoms with Crippen LogP contribution in [0, 0.1) is 0 Å². The third-order valence-corrected chi connectivity index (χ3v) is 5.02. The van der Waals surface area contributed by atoms with Crippen molar-refractivity contribution in [2.45, 2.75) is 18.3 Å². The van der Waals surface area contributed by atoms with E-state index in [0.717, 1.165) is 5.56 Å². The van der Waals surface area contributed by atoms with Gasteiger partial charge in [-0.05, 0) is 24.3 Å². The van der Waals surface area contributed by atoms with Crippen LogP contribution in [0.4, 0.5) is 0 Å². The molecule has 1 aromatic carbocycles. The van der Waals surface area contributed by atoms with E-state index in [1.54, 1.807) is 12.1 Å². The molecule has 0 spiro atoms. The topological polar surface area (TPSA) is 119 Å². The number of rotatable bonds is 4. The maximum atomic E-state index is 10.1. The number of nitrogens with one attached hydrogen (secondary N) is 1. The molecule has 4 heterocycles. The minimum atomic E-state index is -0.945. The summed E-state index contributed by atoms with van der Waals surface area (Å²) in [5.74, 6) is 1.31. The molecule has 3 aromatic rings. The normalized spacial score (nSPS) is 23.5. The molecule has 0 bridgehead atoms. The van der Waals surface area contributed by atoms with Gasteiger partial charge >= 0.3 is 0 Å². The van der Waals surface area contributed by atoms with E-state index in [-0.39, 0.29) is 26.0 Å². The number of halogens is 1. The van der Waals surface area contributed by atoms with Crippen LogP contribution in [0.1, 0.15) is 0 Å². The first-order valence-electron chi connectivity index (χ1n) is 8.66. The Hall–Kier alpha value is -2.59. The predicted octanol–water partition coefficient (Wildman–Crippen LogP) is 1.51. The van der Waals surface area contributed by atoms with Crippen molar-refractivity contribution in [2.24, 2.45) is 0 Å². The lowest BCUT2D eigenvalue weighted by molar-refractivity contribution is -0.00390. The quantitative estimate of drug-likeness (QED) is 0.597. The predicted molar refractivity (Wildman–Crippen MR) is 97.7 cm³/mol. The van der Waals surface area contributed by atoms with Crippen molar-refractivity contribution in [3.63, 3.8) is 0 Å². The van der Waals surface area contributed by atoms with E-state index >= 15 is 0 Å². The van der Waals surface area contributed by atoms with Gasteiger partial charge in [0.05, 0.1) is 29.4 Å². The monoisotopic (exact) mass is 405 g/mol. The molecule has 0 radical (unpaired) electrons. The first kappa shape index (κ1) is 17.5. The van der Waals surface area contributed by atoms with Gasteiger partial charge in [0.2, 0.25) is 6.79 Å². The van der Waals surface area contributed by atoms with Gasteiger partial charge in [-0.1, -0.05) is 11.6 Å². The van der Waals surface area contributed by atoms with Crippen molar-refractivity contribution in [1.82, 2.24) is 15.0 Å². The molecule has 0 aliphatic carbocycles. The van der Waals surface area contributed by atoms with Crippen LogP contribution in [0.15, 0.2) is 24.3 Å². The van der Waals surface area contributed by atoms with Crippen LogP contribution in [0.2, 0.25) is 5.02 Å². The molecule has 1 fully saturated rings. The van der Waals surface area contributed by atoms with Crippen LogP contribution >= 0.6 is 11.6 Å². The van der Waals surface area contributed by atoms with Crippen LogP contribution in [-0.2, 0) is 4.74 Å². The Labute approximate surface area is 163 Å². The molecule has 3 atom stereocenters. The lowest BCUT2D eigenvalue weighted by Gasteiger charge is -2.15. The Kier molecular flexibility index (Phi) is 4.24. The molecule has 0 amide bonds.